The van der Waals surface area contributed by atoms with Gasteiger partial charge in [0.2, 0.25) is 0 Å². The van der Waals surface area contributed by atoms with E-state index < -0.39 is 7.60 Å². The zero-order valence-electron chi connectivity index (χ0n) is 10.3. The van der Waals surface area contributed by atoms with Crippen LogP contribution in [-0.2, 0) is 26.6 Å². The summed E-state index contributed by atoms with van der Waals surface area (Å²) in [5.74, 6) is 0. The highest BCUT2D eigenvalue weighted by molar-refractivity contribution is 7.53. The van der Waals surface area contributed by atoms with Crippen LogP contribution < -0.4 is 0 Å². The lowest BCUT2D eigenvalue weighted by Crippen LogP contribution is -2.31. The van der Waals surface area contributed by atoms with Crippen molar-refractivity contribution in [2.45, 2.75) is 19.9 Å². The minimum absolute atomic E-state index is 0.344. The molecule has 0 N–H and O–H groups in total. The SMILES string of the molecule is COP(=O)(CN1CCc2nc(C)sc2C1)OC. The van der Waals surface area contributed by atoms with Gasteiger partial charge in [0, 0.05) is 38.6 Å². The zero-order chi connectivity index (χ0) is 12.5. The Bertz CT molecular complexity index is 441. The van der Waals surface area contributed by atoms with Crippen molar-refractivity contribution < 1.29 is 13.6 Å². The first-order valence-electron chi connectivity index (χ1n) is 5.44. The van der Waals surface area contributed by atoms with Gasteiger partial charge in [0.25, 0.3) is 0 Å². The quantitative estimate of drug-likeness (QED) is 0.789. The van der Waals surface area contributed by atoms with E-state index in [1.807, 2.05) is 6.92 Å². The van der Waals surface area contributed by atoms with E-state index in [-0.39, 0.29) is 0 Å². The fourth-order valence-electron chi connectivity index (χ4n) is 1.93. The summed E-state index contributed by atoms with van der Waals surface area (Å²) in [6.07, 6.45) is 1.25. The zero-order valence-corrected chi connectivity index (χ0v) is 12.0. The maximum Gasteiger partial charge on any atom is 0.344 e. The van der Waals surface area contributed by atoms with Crippen molar-refractivity contribution in [1.82, 2.24) is 9.88 Å². The van der Waals surface area contributed by atoms with Crippen LogP contribution in [0.3, 0.4) is 0 Å². The number of fused-ring (bicyclic) bond motifs is 1. The summed E-state index contributed by atoms with van der Waals surface area (Å²) in [6.45, 7) is 3.66. The Morgan fingerprint density at radius 3 is 2.82 bits per heavy atom. The molecule has 0 atom stereocenters. The Labute approximate surface area is 105 Å². The molecule has 1 aliphatic rings. The monoisotopic (exact) mass is 276 g/mol. The van der Waals surface area contributed by atoms with E-state index in [1.54, 1.807) is 11.3 Å². The van der Waals surface area contributed by atoms with Crippen LogP contribution in [0.2, 0.25) is 0 Å². The summed E-state index contributed by atoms with van der Waals surface area (Å²) >= 11 is 1.71. The molecule has 0 amide bonds. The molecule has 0 aromatic carbocycles. The minimum atomic E-state index is -2.94. The molecule has 1 aromatic heterocycles. The van der Waals surface area contributed by atoms with Crippen LogP contribution >= 0.6 is 18.9 Å². The third-order valence-electron chi connectivity index (χ3n) is 2.85. The second kappa shape index (κ2) is 5.16. The average Bonchev–Trinajstić information content (AvgIpc) is 2.68. The Balaban J connectivity index is 2.05. The summed E-state index contributed by atoms with van der Waals surface area (Å²) in [5, 5.41) is 1.10. The molecule has 0 radical (unpaired) electrons. The molecular formula is C10H17N2O3PS. The van der Waals surface area contributed by atoms with Gasteiger partial charge in [-0.2, -0.15) is 0 Å². The van der Waals surface area contributed by atoms with Gasteiger partial charge < -0.3 is 9.05 Å². The lowest BCUT2D eigenvalue weighted by atomic mass is 10.2. The van der Waals surface area contributed by atoms with Crippen LogP contribution in [0.15, 0.2) is 0 Å². The minimum Gasteiger partial charge on any atom is -0.311 e. The van der Waals surface area contributed by atoms with Gasteiger partial charge in [-0.25, -0.2) is 4.98 Å². The number of aryl methyl sites for hydroxylation is 1. The van der Waals surface area contributed by atoms with Gasteiger partial charge >= 0.3 is 7.60 Å². The molecule has 5 nitrogen and oxygen atoms in total. The summed E-state index contributed by atoms with van der Waals surface area (Å²) < 4.78 is 22.0. The van der Waals surface area contributed by atoms with Crippen molar-refractivity contribution in [2.24, 2.45) is 0 Å². The van der Waals surface area contributed by atoms with Gasteiger partial charge in [-0.1, -0.05) is 0 Å². The second-order valence-electron chi connectivity index (χ2n) is 4.02. The highest BCUT2D eigenvalue weighted by Crippen LogP contribution is 2.47. The van der Waals surface area contributed by atoms with Crippen molar-refractivity contribution in [1.29, 1.82) is 0 Å². The smallest absolute Gasteiger partial charge is 0.311 e. The molecule has 0 spiro atoms. The van der Waals surface area contributed by atoms with Gasteiger partial charge in [0.05, 0.1) is 10.7 Å². The Kier molecular flexibility index (Phi) is 4.00. The number of nitrogens with zero attached hydrogens (tertiary/aromatic N) is 2. The molecule has 2 heterocycles. The maximum atomic E-state index is 12.0. The predicted molar refractivity (Wildman–Crippen MR) is 67.5 cm³/mol. The van der Waals surface area contributed by atoms with E-state index in [2.05, 4.69) is 9.88 Å². The van der Waals surface area contributed by atoms with Crippen molar-refractivity contribution in [3.05, 3.63) is 15.6 Å². The molecule has 1 aromatic rings. The first kappa shape index (κ1) is 13.2. The third kappa shape index (κ3) is 2.95. The highest BCUT2D eigenvalue weighted by atomic mass is 32.1. The van der Waals surface area contributed by atoms with Crippen LogP contribution in [0, 0.1) is 6.92 Å². The van der Waals surface area contributed by atoms with E-state index in [0.717, 1.165) is 24.5 Å². The lowest BCUT2D eigenvalue weighted by Gasteiger charge is -2.28. The van der Waals surface area contributed by atoms with Gasteiger partial charge in [0.1, 0.15) is 6.29 Å². The fraction of sp³-hybridized carbons (Fsp3) is 0.700. The first-order chi connectivity index (χ1) is 8.06. The Morgan fingerprint density at radius 1 is 1.47 bits per heavy atom. The largest absolute Gasteiger partial charge is 0.344 e. The number of thiazole rings is 1. The maximum absolute atomic E-state index is 12.0. The molecule has 0 saturated carbocycles. The summed E-state index contributed by atoms with van der Waals surface area (Å²) in [5.41, 5.74) is 1.19. The van der Waals surface area contributed by atoms with Gasteiger partial charge in [0.15, 0.2) is 0 Å². The fourth-order valence-corrected chi connectivity index (χ4v) is 4.07. The molecule has 1 aliphatic heterocycles. The van der Waals surface area contributed by atoms with E-state index in [1.165, 1.54) is 24.8 Å². The van der Waals surface area contributed by atoms with Crippen molar-refractivity contribution in [3.63, 3.8) is 0 Å². The van der Waals surface area contributed by atoms with E-state index in [9.17, 15) is 4.57 Å². The summed E-state index contributed by atoms with van der Waals surface area (Å²) in [6, 6.07) is 0. The molecule has 0 saturated heterocycles. The van der Waals surface area contributed by atoms with Crippen LogP contribution in [0.25, 0.3) is 0 Å². The second-order valence-corrected chi connectivity index (χ2v) is 7.55. The number of aromatic nitrogens is 1. The molecule has 0 fully saturated rings. The van der Waals surface area contributed by atoms with Crippen molar-refractivity contribution >= 4 is 18.9 Å². The molecule has 2 rings (SSSR count). The van der Waals surface area contributed by atoms with Gasteiger partial charge in [-0.15, -0.1) is 11.3 Å². The van der Waals surface area contributed by atoms with E-state index in [4.69, 9.17) is 9.05 Å². The molecular weight excluding hydrogens is 259 g/mol. The van der Waals surface area contributed by atoms with Crippen LogP contribution in [0.5, 0.6) is 0 Å². The highest BCUT2D eigenvalue weighted by Gasteiger charge is 2.28. The van der Waals surface area contributed by atoms with Crippen LogP contribution in [0.4, 0.5) is 0 Å². The molecule has 0 unspecified atom stereocenters. The third-order valence-corrected chi connectivity index (χ3v) is 5.70. The van der Waals surface area contributed by atoms with E-state index >= 15 is 0 Å². The number of hydrogen-bond donors (Lipinski definition) is 0. The van der Waals surface area contributed by atoms with Crippen LogP contribution in [0.1, 0.15) is 15.6 Å². The van der Waals surface area contributed by atoms with Gasteiger partial charge in [-0.05, 0) is 6.92 Å². The first-order valence-corrected chi connectivity index (χ1v) is 7.99. The summed E-state index contributed by atoms with van der Waals surface area (Å²) in [7, 11) is -0.0904. The molecule has 17 heavy (non-hydrogen) atoms. The van der Waals surface area contributed by atoms with Crippen molar-refractivity contribution in [3.8, 4) is 0 Å². The van der Waals surface area contributed by atoms with Gasteiger partial charge in [-0.3, -0.25) is 9.46 Å². The lowest BCUT2D eigenvalue weighted by molar-refractivity contribution is 0.226. The molecule has 7 heteroatoms. The molecule has 0 bridgehead atoms. The number of rotatable bonds is 4. The molecule has 96 valence electrons. The average molecular weight is 276 g/mol. The predicted octanol–water partition coefficient (Wildman–Crippen LogP) is 2.25. The standard InChI is InChI=1S/C10H17N2O3PS/c1-8-11-9-4-5-12(6-10(9)17-8)7-16(13,14-2)15-3/h4-7H2,1-3H3. The molecule has 0 aliphatic carbocycles. The van der Waals surface area contributed by atoms with Crippen LogP contribution in [-0.4, -0.2) is 36.9 Å². The Hall–Kier alpha value is -0.260. The van der Waals surface area contributed by atoms with E-state index in [0.29, 0.717) is 6.29 Å². The Morgan fingerprint density at radius 2 is 2.18 bits per heavy atom. The summed E-state index contributed by atoms with van der Waals surface area (Å²) in [4.78, 5) is 7.86. The topological polar surface area (TPSA) is 51.7 Å². The number of hydrogen-bond acceptors (Lipinski definition) is 6. The van der Waals surface area contributed by atoms with Crippen molar-refractivity contribution in [2.75, 3.05) is 27.1 Å². The normalized spacial score (nSPS) is 17.1.